The highest BCUT2D eigenvalue weighted by molar-refractivity contribution is 7.99. The molecule has 0 unspecified atom stereocenters. The highest BCUT2D eigenvalue weighted by atomic mass is 32.2. The zero-order valence-corrected chi connectivity index (χ0v) is 13.3. The van der Waals surface area contributed by atoms with Crippen LogP contribution in [0.25, 0.3) is 0 Å². The Morgan fingerprint density at radius 2 is 2.33 bits per heavy atom. The fourth-order valence-electron chi connectivity index (χ4n) is 3.37. The third-order valence-corrected chi connectivity index (χ3v) is 5.05. The molecule has 3 fully saturated rings. The fraction of sp³-hybridized carbons (Fsp3) is 0.667. The average Bonchev–Trinajstić information content (AvgIpc) is 2.99. The zero-order chi connectivity index (χ0) is 14.9. The number of aromatic nitrogens is 2. The number of thioether (sulfide) groups is 1. The van der Waals surface area contributed by atoms with E-state index in [4.69, 9.17) is 4.74 Å². The minimum atomic E-state index is -0.349. The van der Waals surface area contributed by atoms with Crippen molar-refractivity contribution in [1.29, 1.82) is 0 Å². The highest BCUT2D eigenvalue weighted by Gasteiger charge is 2.50. The molecular weight excluding hydrogens is 286 g/mol. The van der Waals surface area contributed by atoms with Gasteiger partial charge in [0.05, 0.1) is 6.61 Å². The minimum Gasteiger partial charge on any atom is -0.462 e. The molecule has 0 atom stereocenters. The van der Waals surface area contributed by atoms with E-state index in [1.807, 2.05) is 0 Å². The topological polar surface area (TPSA) is 64.1 Å². The predicted molar refractivity (Wildman–Crippen MR) is 82.7 cm³/mol. The van der Waals surface area contributed by atoms with Crippen LogP contribution in [0.2, 0.25) is 0 Å². The van der Waals surface area contributed by atoms with E-state index in [1.54, 1.807) is 24.9 Å². The number of ether oxygens (including phenoxy) is 1. The summed E-state index contributed by atoms with van der Waals surface area (Å²) in [6, 6.07) is 0. The number of fused-ring (bicyclic) bond motifs is 1. The third kappa shape index (κ3) is 2.86. The van der Waals surface area contributed by atoms with E-state index in [-0.39, 0.29) is 11.5 Å². The Kier molecular flexibility index (Phi) is 4.06. The van der Waals surface area contributed by atoms with Gasteiger partial charge >= 0.3 is 5.97 Å². The van der Waals surface area contributed by atoms with Gasteiger partial charge in [-0.3, -0.25) is 0 Å². The van der Waals surface area contributed by atoms with Crippen molar-refractivity contribution < 1.29 is 9.53 Å². The molecule has 5 nitrogen and oxygen atoms in total. The molecule has 3 saturated carbocycles. The van der Waals surface area contributed by atoms with E-state index in [9.17, 15) is 4.79 Å². The van der Waals surface area contributed by atoms with Crippen molar-refractivity contribution in [3.05, 3.63) is 11.8 Å². The molecule has 2 bridgehead atoms. The van der Waals surface area contributed by atoms with Crippen LogP contribution in [0.1, 0.15) is 49.9 Å². The monoisotopic (exact) mass is 307 g/mol. The van der Waals surface area contributed by atoms with Crippen LogP contribution in [-0.2, 0) is 4.74 Å². The average molecular weight is 307 g/mol. The molecule has 21 heavy (non-hydrogen) atoms. The normalized spacial score (nSPS) is 26.3. The molecule has 0 amide bonds. The minimum absolute atomic E-state index is 0.147. The molecule has 1 aromatic rings. The number of carbonyl (C=O) groups is 1. The zero-order valence-electron chi connectivity index (χ0n) is 12.5. The molecule has 0 radical (unpaired) electrons. The fourth-order valence-corrected chi connectivity index (χ4v) is 3.91. The number of carbonyl (C=O) groups excluding carboxylic acids is 1. The Morgan fingerprint density at radius 3 is 2.95 bits per heavy atom. The van der Waals surface area contributed by atoms with Crippen LogP contribution in [0.4, 0.5) is 5.82 Å². The molecule has 0 spiro atoms. The number of hydrogen-bond acceptors (Lipinski definition) is 6. The Balaban J connectivity index is 1.86. The van der Waals surface area contributed by atoms with E-state index in [2.05, 4.69) is 22.2 Å². The molecule has 0 saturated heterocycles. The lowest BCUT2D eigenvalue weighted by atomic mass is 9.77. The molecule has 0 aliphatic heterocycles. The van der Waals surface area contributed by atoms with Crippen molar-refractivity contribution in [3.63, 3.8) is 0 Å². The summed E-state index contributed by atoms with van der Waals surface area (Å²) in [7, 11) is 0. The molecule has 3 aliphatic carbocycles. The molecule has 1 heterocycles. The molecule has 4 rings (SSSR count). The quantitative estimate of drug-likeness (QED) is 0.495. The maximum atomic E-state index is 12.1. The maximum absolute atomic E-state index is 12.1. The molecular formula is C15H21N3O2S. The molecule has 6 heteroatoms. The Hall–Kier alpha value is -1.30. The molecule has 114 valence electrons. The number of nitrogens with zero attached hydrogens (tertiary/aromatic N) is 2. The summed E-state index contributed by atoms with van der Waals surface area (Å²) in [6.45, 7) is 4.23. The summed E-state index contributed by atoms with van der Waals surface area (Å²) in [5, 5.41) is 4.23. The first-order valence-corrected chi connectivity index (χ1v) is 8.59. The van der Waals surface area contributed by atoms with E-state index in [0.717, 1.165) is 11.7 Å². The van der Waals surface area contributed by atoms with Gasteiger partial charge in [-0.15, -0.1) is 0 Å². The van der Waals surface area contributed by atoms with E-state index < -0.39 is 0 Å². The lowest BCUT2D eigenvalue weighted by Crippen LogP contribution is -2.43. The summed E-state index contributed by atoms with van der Waals surface area (Å²) in [5.41, 5.74) is 0.594. The van der Waals surface area contributed by atoms with Gasteiger partial charge in [-0.1, -0.05) is 18.7 Å². The second-order valence-electron chi connectivity index (χ2n) is 5.79. The van der Waals surface area contributed by atoms with E-state index >= 15 is 0 Å². The largest absolute Gasteiger partial charge is 0.462 e. The number of rotatable bonds is 6. The van der Waals surface area contributed by atoms with Gasteiger partial charge in [0.2, 0.25) is 0 Å². The van der Waals surface area contributed by atoms with Crippen LogP contribution in [-0.4, -0.2) is 33.8 Å². The Bertz CT molecular complexity index is 538. The number of anilines is 1. The van der Waals surface area contributed by atoms with Gasteiger partial charge in [0.25, 0.3) is 0 Å². The number of hydrogen-bond donors (Lipinski definition) is 1. The van der Waals surface area contributed by atoms with Gasteiger partial charge in [-0.25, -0.2) is 14.8 Å². The van der Waals surface area contributed by atoms with Crippen molar-refractivity contribution in [2.75, 3.05) is 17.7 Å². The first-order chi connectivity index (χ1) is 10.2. The van der Waals surface area contributed by atoms with Crippen LogP contribution in [0.5, 0.6) is 0 Å². The molecule has 1 N–H and O–H groups in total. The summed E-state index contributed by atoms with van der Waals surface area (Å²) in [6.07, 6.45) is 6.42. The van der Waals surface area contributed by atoms with Gasteiger partial charge in [0.15, 0.2) is 5.16 Å². The molecule has 0 aromatic carbocycles. The number of esters is 1. The lowest BCUT2D eigenvalue weighted by Gasteiger charge is -2.40. The van der Waals surface area contributed by atoms with Gasteiger partial charge in [0.1, 0.15) is 11.4 Å². The Labute approximate surface area is 129 Å². The van der Waals surface area contributed by atoms with E-state index in [0.29, 0.717) is 23.1 Å². The summed E-state index contributed by atoms with van der Waals surface area (Å²) in [4.78, 5) is 20.9. The van der Waals surface area contributed by atoms with Crippen molar-refractivity contribution >= 4 is 23.5 Å². The van der Waals surface area contributed by atoms with Gasteiger partial charge < -0.3 is 10.1 Å². The van der Waals surface area contributed by atoms with Crippen LogP contribution in [0, 0.1) is 5.92 Å². The third-order valence-electron chi connectivity index (χ3n) is 4.31. The summed E-state index contributed by atoms with van der Waals surface area (Å²) < 4.78 is 5.11. The van der Waals surface area contributed by atoms with Crippen LogP contribution in [0.3, 0.4) is 0 Å². The first kappa shape index (κ1) is 14.6. The second kappa shape index (κ2) is 5.83. The second-order valence-corrected chi connectivity index (χ2v) is 7.02. The highest BCUT2D eigenvalue weighted by Crippen LogP contribution is 2.53. The van der Waals surface area contributed by atoms with Crippen LogP contribution in [0.15, 0.2) is 11.4 Å². The SMILES string of the molecule is CCOC(=O)c1cnc(SCC)nc1NC12CCC(C1)C2. The van der Waals surface area contributed by atoms with Crippen LogP contribution < -0.4 is 5.32 Å². The summed E-state index contributed by atoms with van der Waals surface area (Å²) >= 11 is 1.58. The van der Waals surface area contributed by atoms with Crippen molar-refractivity contribution in [2.24, 2.45) is 5.92 Å². The lowest BCUT2D eigenvalue weighted by molar-refractivity contribution is 0.0526. The van der Waals surface area contributed by atoms with Gasteiger partial charge in [-0.05, 0) is 44.3 Å². The van der Waals surface area contributed by atoms with Crippen molar-refractivity contribution in [1.82, 2.24) is 9.97 Å². The standard InChI is InChI=1S/C15H21N3O2S/c1-3-20-13(19)11-9-16-14(21-4-2)17-12(11)18-15-6-5-10(7-15)8-15/h9-10H,3-8H2,1-2H3,(H,16,17,18). The van der Waals surface area contributed by atoms with E-state index in [1.165, 1.54) is 25.7 Å². The summed E-state index contributed by atoms with van der Waals surface area (Å²) in [5.74, 6) is 2.05. The van der Waals surface area contributed by atoms with Crippen molar-refractivity contribution in [2.45, 2.75) is 50.2 Å². The number of nitrogens with one attached hydrogen (secondary N) is 1. The van der Waals surface area contributed by atoms with Crippen molar-refractivity contribution in [3.8, 4) is 0 Å². The maximum Gasteiger partial charge on any atom is 0.343 e. The van der Waals surface area contributed by atoms with Crippen LogP contribution >= 0.6 is 11.8 Å². The first-order valence-electron chi connectivity index (χ1n) is 7.61. The smallest absolute Gasteiger partial charge is 0.343 e. The predicted octanol–water partition coefficient (Wildman–Crippen LogP) is 3.12. The van der Waals surface area contributed by atoms with Gasteiger partial charge in [0, 0.05) is 11.7 Å². The molecule has 3 aliphatic rings. The molecule has 1 aromatic heterocycles. The Morgan fingerprint density at radius 1 is 1.52 bits per heavy atom. The van der Waals surface area contributed by atoms with Gasteiger partial charge in [-0.2, -0.15) is 0 Å².